The van der Waals surface area contributed by atoms with Gasteiger partial charge in [-0.3, -0.25) is 37.3 Å². The Balaban J connectivity index is 5.28. The molecule has 0 aliphatic rings. The maximum atomic E-state index is 13.0. The highest BCUT2D eigenvalue weighted by Gasteiger charge is 2.30. The molecule has 3 N–H and O–H groups in total. The van der Waals surface area contributed by atoms with Crippen LogP contribution in [0, 0.1) is 17.8 Å². The van der Waals surface area contributed by atoms with Gasteiger partial charge in [-0.1, -0.05) is 265 Å². The van der Waals surface area contributed by atoms with E-state index in [2.05, 4.69) is 72.8 Å². The molecule has 88 heavy (non-hydrogen) atoms. The van der Waals surface area contributed by atoms with Gasteiger partial charge in [0, 0.05) is 25.7 Å². The molecular weight excluding hydrogens is 1160 g/mol. The van der Waals surface area contributed by atoms with Crippen LogP contribution < -0.4 is 0 Å². The zero-order valence-electron chi connectivity index (χ0n) is 56.7. The SMILES string of the molecule is CCCCCC/C=C\C=C/CCCCCCCC(=O)OC[C@H](COP(=O)(O)OC[C@@H](O)COP(=O)(O)OC[C@@H](COC(=O)CCCCCCCCC(C)C)OC(=O)CCCCCCCCCCC(C)C)OC(=O)CCCCCCCCCCCCC(C)C. The lowest BCUT2D eigenvalue weighted by Gasteiger charge is -2.21. The molecule has 0 amide bonds. The molecule has 0 aliphatic heterocycles. The number of hydrogen-bond acceptors (Lipinski definition) is 15. The molecule has 0 bridgehead atoms. The van der Waals surface area contributed by atoms with E-state index in [4.69, 9.17) is 37.0 Å². The first-order valence-corrected chi connectivity index (χ1v) is 38.2. The largest absolute Gasteiger partial charge is 0.472 e. The van der Waals surface area contributed by atoms with Gasteiger partial charge < -0.3 is 33.8 Å². The molecule has 0 rings (SSSR count). The van der Waals surface area contributed by atoms with Crippen LogP contribution in [0.15, 0.2) is 24.3 Å². The van der Waals surface area contributed by atoms with Crippen LogP contribution >= 0.6 is 15.6 Å². The summed E-state index contributed by atoms with van der Waals surface area (Å²) in [5, 5.41) is 10.6. The maximum absolute atomic E-state index is 13.0. The second-order valence-electron chi connectivity index (χ2n) is 25.7. The highest BCUT2D eigenvalue weighted by molar-refractivity contribution is 7.47. The number of rotatable bonds is 65. The summed E-state index contributed by atoms with van der Waals surface area (Å²) >= 11 is 0. The van der Waals surface area contributed by atoms with Crippen LogP contribution in [0.4, 0.5) is 0 Å². The predicted octanol–water partition coefficient (Wildman–Crippen LogP) is 19.0. The standard InChI is InChI=1S/C69H130O17P2/c1-8-9-10-11-12-13-14-15-16-17-18-22-28-36-43-50-66(71)79-56-64(85-68(73)52-45-38-29-23-20-19-21-26-33-40-47-60(2)3)58-83-87(75,76)81-54-63(70)55-82-88(77,78)84-59-65(57-80-67(72)51-44-37-32-31-35-42-49-62(6)7)86-69(74)53-46-39-30-25-24-27-34-41-48-61(4)5/h13-16,60-65,70H,8-12,17-59H2,1-7H3,(H,75,76)(H,77,78)/b14-13-,16-15-/t63-,64-,65-/m1/s1. The number of phosphoric acid groups is 2. The number of ether oxygens (including phenoxy) is 4. The van der Waals surface area contributed by atoms with E-state index in [1.807, 2.05) is 0 Å². The van der Waals surface area contributed by atoms with E-state index in [1.54, 1.807) is 0 Å². The van der Waals surface area contributed by atoms with Crippen LogP contribution in [0.1, 0.15) is 318 Å². The third kappa shape index (κ3) is 62.4. The fraction of sp³-hybridized carbons (Fsp3) is 0.884. The summed E-state index contributed by atoms with van der Waals surface area (Å²) in [6.07, 6.45) is 45.5. The van der Waals surface area contributed by atoms with Gasteiger partial charge in [0.15, 0.2) is 12.2 Å². The fourth-order valence-electron chi connectivity index (χ4n) is 9.82. The maximum Gasteiger partial charge on any atom is 0.472 e. The van der Waals surface area contributed by atoms with Crippen LogP contribution in [-0.2, 0) is 65.4 Å². The Morgan fingerprint density at radius 1 is 0.352 bits per heavy atom. The van der Waals surface area contributed by atoms with Crippen molar-refractivity contribution in [2.75, 3.05) is 39.6 Å². The first-order valence-electron chi connectivity index (χ1n) is 35.2. The van der Waals surface area contributed by atoms with Crippen molar-refractivity contribution in [1.82, 2.24) is 0 Å². The zero-order chi connectivity index (χ0) is 65.2. The number of aliphatic hydroxyl groups excluding tert-OH is 1. The average molecular weight is 1290 g/mol. The number of unbranched alkanes of at least 4 members (excludes halogenated alkanes) is 30. The van der Waals surface area contributed by atoms with Gasteiger partial charge in [-0.25, -0.2) is 9.13 Å². The molecule has 0 aromatic heterocycles. The summed E-state index contributed by atoms with van der Waals surface area (Å²) < 4.78 is 68.1. The van der Waals surface area contributed by atoms with Crippen molar-refractivity contribution >= 4 is 39.5 Å². The Kier molecular flexibility index (Phi) is 57.9. The molecule has 0 radical (unpaired) electrons. The van der Waals surface area contributed by atoms with Crippen molar-refractivity contribution in [2.45, 2.75) is 336 Å². The van der Waals surface area contributed by atoms with Gasteiger partial charge in [0.25, 0.3) is 0 Å². The first kappa shape index (κ1) is 85.5. The minimum absolute atomic E-state index is 0.0984. The number of esters is 4. The van der Waals surface area contributed by atoms with Gasteiger partial charge in [-0.05, 0) is 69.1 Å². The zero-order valence-corrected chi connectivity index (χ0v) is 58.5. The number of aliphatic hydroxyl groups is 1. The molecule has 0 aromatic carbocycles. The van der Waals surface area contributed by atoms with Crippen molar-refractivity contribution in [3.63, 3.8) is 0 Å². The molecule has 0 fully saturated rings. The van der Waals surface area contributed by atoms with Crippen molar-refractivity contribution in [3.8, 4) is 0 Å². The molecule has 17 nitrogen and oxygen atoms in total. The minimum atomic E-state index is -4.96. The number of hydrogen-bond donors (Lipinski definition) is 3. The number of phosphoric ester groups is 2. The van der Waals surface area contributed by atoms with Crippen molar-refractivity contribution in [1.29, 1.82) is 0 Å². The summed E-state index contributed by atoms with van der Waals surface area (Å²) in [4.78, 5) is 72.4. The molecule has 0 aliphatic carbocycles. The normalized spacial score (nSPS) is 14.4. The summed E-state index contributed by atoms with van der Waals surface area (Å²) in [6.45, 7) is 11.6. The quantitative estimate of drug-likeness (QED) is 0.0169. The Bertz CT molecular complexity index is 1830. The van der Waals surface area contributed by atoms with Gasteiger partial charge in [0.1, 0.15) is 19.3 Å². The van der Waals surface area contributed by atoms with Gasteiger partial charge in [0.05, 0.1) is 26.4 Å². The second kappa shape index (κ2) is 59.5. The van der Waals surface area contributed by atoms with E-state index in [1.165, 1.54) is 103 Å². The van der Waals surface area contributed by atoms with E-state index in [-0.39, 0.29) is 25.7 Å². The summed E-state index contributed by atoms with van der Waals surface area (Å²) in [5.74, 6) is -0.0187. The predicted molar refractivity (Wildman–Crippen MR) is 354 cm³/mol. The second-order valence-corrected chi connectivity index (χ2v) is 28.6. The van der Waals surface area contributed by atoms with E-state index in [0.29, 0.717) is 37.5 Å². The van der Waals surface area contributed by atoms with Crippen LogP contribution in [0.3, 0.4) is 0 Å². The van der Waals surface area contributed by atoms with E-state index in [0.717, 1.165) is 121 Å². The van der Waals surface area contributed by atoms with Gasteiger partial charge in [-0.2, -0.15) is 0 Å². The molecule has 0 saturated heterocycles. The Morgan fingerprint density at radius 3 is 0.920 bits per heavy atom. The number of carbonyl (C=O) groups excluding carboxylic acids is 4. The summed E-state index contributed by atoms with van der Waals surface area (Å²) in [6, 6.07) is 0. The van der Waals surface area contributed by atoms with E-state index in [9.17, 15) is 43.2 Å². The Hall–Kier alpha value is -2.46. The van der Waals surface area contributed by atoms with Crippen LogP contribution in [0.2, 0.25) is 0 Å². The molecular formula is C69H130O17P2. The van der Waals surface area contributed by atoms with E-state index < -0.39 is 97.5 Å². The number of carbonyl (C=O) groups is 4. The van der Waals surface area contributed by atoms with E-state index >= 15 is 0 Å². The van der Waals surface area contributed by atoms with Crippen LogP contribution in [-0.4, -0.2) is 96.7 Å². The fourth-order valence-corrected chi connectivity index (χ4v) is 11.4. The summed E-state index contributed by atoms with van der Waals surface area (Å²) in [7, 11) is -9.91. The molecule has 0 spiro atoms. The molecule has 0 heterocycles. The minimum Gasteiger partial charge on any atom is -0.462 e. The lowest BCUT2D eigenvalue weighted by molar-refractivity contribution is -0.161. The smallest absolute Gasteiger partial charge is 0.462 e. The lowest BCUT2D eigenvalue weighted by Crippen LogP contribution is -2.30. The first-order chi connectivity index (χ1) is 42.2. The van der Waals surface area contributed by atoms with Gasteiger partial charge in [-0.15, -0.1) is 0 Å². The molecule has 5 atom stereocenters. The van der Waals surface area contributed by atoms with Crippen molar-refractivity contribution in [3.05, 3.63) is 24.3 Å². The van der Waals surface area contributed by atoms with Gasteiger partial charge in [0.2, 0.25) is 0 Å². The van der Waals surface area contributed by atoms with Crippen molar-refractivity contribution in [2.24, 2.45) is 17.8 Å². The third-order valence-corrected chi connectivity index (χ3v) is 17.2. The molecule has 19 heteroatoms. The lowest BCUT2D eigenvalue weighted by atomic mass is 10.0. The van der Waals surface area contributed by atoms with Gasteiger partial charge >= 0.3 is 39.5 Å². The topological polar surface area (TPSA) is 237 Å². The molecule has 0 aromatic rings. The monoisotopic (exact) mass is 1290 g/mol. The Labute approximate surface area is 535 Å². The van der Waals surface area contributed by atoms with Crippen LogP contribution in [0.25, 0.3) is 0 Å². The highest BCUT2D eigenvalue weighted by atomic mass is 31.2. The average Bonchev–Trinajstić information content (AvgIpc) is 3.57. The highest BCUT2D eigenvalue weighted by Crippen LogP contribution is 2.45. The van der Waals surface area contributed by atoms with Crippen molar-refractivity contribution < 1.29 is 80.2 Å². The molecule has 518 valence electrons. The van der Waals surface area contributed by atoms with Crippen LogP contribution in [0.5, 0.6) is 0 Å². The number of allylic oxidation sites excluding steroid dienone is 4. The third-order valence-electron chi connectivity index (χ3n) is 15.3. The Morgan fingerprint density at radius 2 is 0.614 bits per heavy atom. The molecule has 0 saturated carbocycles. The summed E-state index contributed by atoms with van der Waals surface area (Å²) in [5.41, 5.74) is 0. The molecule has 2 unspecified atom stereocenters.